The summed E-state index contributed by atoms with van der Waals surface area (Å²) in [5, 5.41) is 10.7. The third-order valence-corrected chi connectivity index (χ3v) is 4.37. The minimum atomic E-state index is -3.47. The molecule has 0 saturated carbocycles. The SMILES string of the molecule is CNS(=O)(=O)c1ccc(N)c(NCCCn2ccnn2)c1. The molecule has 0 aliphatic carbocycles. The maximum absolute atomic E-state index is 11.8. The van der Waals surface area contributed by atoms with Crippen LogP contribution in [0.15, 0.2) is 35.5 Å². The van der Waals surface area contributed by atoms with Gasteiger partial charge in [0.2, 0.25) is 10.0 Å². The van der Waals surface area contributed by atoms with E-state index in [1.807, 2.05) is 0 Å². The number of anilines is 2. The van der Waals surface area contributed by atoms with Crippen LogP contribution < -0.4 is 15.8 Å². The Kier molecular flexibility index (Phi) is 4.76. The number of sulfonamides is 1. The van der Waals surface area contributed by atoms with Crippen molar-refractivity contribution in [2.24, 2.45) is 0 Å². The first kappa shape index (κ1) is 15.3. The van der Waals surface area contributed by atoms with Crippen LogP contribution in [0.4, 0.5) is 11.4 Å². The molecule has 0 atom stereocenters. The Balaban J connectivity index is 1.97. The summed E-state index contributed by atoms with van der Waals surface area (Å²) in [7, 11) is -2.10. The fourth-order valence-electron chi connectivity index (χ4n) is 1.79. The number of nitrogen functional groups attached to an aromatic ring is 1. The molecule has 1 heterocycles. The summed E-state index contributed by atoms with van der Waals surface area (Å²) in [4.78, 5) is 0.179. The van der Waals surface area contributed by atoms with Gasteiger partial charge in [-0.2, -0.15) is 0 Å². The maximum Gasteiger partial charge on any atom is 0.240 e. The summed E-state index contributed by atoms with van der Waals surface area (Å²) in [5.74, 6) is 0. The topological polar surface area (TPSA) is 115 Å². The highest BCUT2D eigenvalue weighted by Crippen LogP contribution is 2.22. The molecular formula is C12H18N6O2S. The largest absolute Gasteiger partial charge is 0.397 e. The van der Waals surface area contributed by atoms with E-state index in [1.165, 1.54) is 19.2 Å². The first-order valence-electron chi connectivity index (χ1n) is 6.44. The second-order valence-electron chi connectivity index (χ2n) is 4.40. The molecule has 2 aromatic rings. The third-order valence-electron chi connectivity index (χ3n) is 2.96. The Morgan fingerprint density at radius 2 is 2.19 bits per heavy atom. The molecule has 4 N–H and O–H groups in total. The summed E-state index contributed by atoms with van der Waals surface area (Å²) in [5.41, 5.74) is 6.95. The summed E-state index contributed by atoms with van der Waals surface area (Å²) in [6, 6.07) is 4.57. The molecule has 0 unspecified atom stereocenters. The van der Waals surface area contributed by atoms with Crippen molar-refractivity contribution in [2.45, 2.75) is 17.9 Å². The van der Waals surface area contributed by atoms with Crippen molar-refractivity contribution in [3.05, 3.63) is 30.6 Å². The number of benzene rings is 1. The zero-order valence-electron chi connectivity index (χ0n) is 11.7. The number of nitrogens with one attached hydrogen (secondary N) is 2. The Morgan fingerprint density at radius 1 is 1.38 bits per heavy atom. The lowest BCUT2D eigenvalue weighted by Crippen LogP contribution is -2.19. The highest BCUT2D eigenvalue weighted by molar-refractivity contribution is 7.89. The fourth-order valence-corrected chi connectivity index (χ4v) is 2.55. The van der Waals surface area contributed by atoms with Gasteiger partial charge in [-0.25, -0.2) is 13.1 Å². The number of nitrogens with zero attached hydrogens (tertiary/aromatic N) is 3. The normalized spacial score (nSPS) is 11.5. The molecule has 0 fully saturated rings. The smallest absolute Gasteiger partial charge is 0.240 e. The van der Waals surface area contributed by atoms with Gasteiger partial charge in [-0.15, -0.1) is 5.10 Å². The van der Waals surface area contributed by atoms with Crippen LogP contribution in [-0.4, -0.2) is 37.0 Å². The van der Waals surface area contributed by atoms with Crippen LogP contribution in [0.2, 0.25) is 0 Å². The molecule has 0 spiro atoms. The summed E-state index contributed by atoms with van der Waals surface area (Å²) in [6.45, 7) is 1.37. The van der Waals surface area contributed by atoms with E-state index < -0.39 is 10.0 Å². The molecule has 21 heavy (non-hydrogen) atoms. The molecule has 0 aliphatic heterocycles. The Hall–Kier alpha value is -2.13. The Labute approximate surface area is 123 Å². The van der Waals surface area contributed by atoms with Gasteiger partial charge in [-0.05, 0) is 31.7 Å². The van der Waals surface area contributed by atoms with Gasteiger partial charge in [0.05, 0.1) is 22.5 Å². The van der Waals surface area contributed by atoms with E-state index in [-0.39, 0.29) is 4.90 Å². The second kappa shape index (κ2) is 6.55. The van der Waals surface area contributed by atoms with Crippen molar-refractivity contribution in [1.29, 1.82) is 0 Å². The summed E-state index contributed by atoms with van der Waals surface area (Å²) < 4.78 is 27.5. The Morgan fingerprint density at radius 3 is 2.86 bits per heavy atom. The van der Waals surface area contributed by atoms with Crippen LogP contribution in [-0.2, 0) is 16.6 Å². The van der Waals surface area contributed by atoms with Crippen LogP contribution in [0.3, 0.4) is 0 Å². The lowest BCUT2D eigenvalue weighted by Gasteiger charge is -2.11. The molecule has 0 aliphatic rings. The van der Waals surface area contributed by atoms with Gasteiger partial charge in [-0.3, -0.25) is 4.68 Å². The van der Waals surface area contributed by atoms with Crippen LogP contribution in [0.1, 0.15) is 6.42 Å². The van der Waals surface area contributed by atoms with Crippen LogP contribution in [0, 0.1) is 0 Å². The molecule has 1 aromatic heterocycles. The summed E-state index contributed by atoms with van der Waals surface area (Å²) >= 11 is 0. The molecular weight excluding hydrogens is 292 g/mol. The zero-order chi connectivity index (χ0) is 15.3. The summed E-state index contributed by atoms with van der Waals surface area (Å²) in [6.07, 6.45) is 4.22. The highest BCUT2D eigenvalue weighted by atomic mass is 32.2. The first-order valence-corrected chi connectivity index (χ1v) is 7.92. The average Bonchev–Trinajstić information content (AvgIpc) is 2.98. The predicted octanol–water partition coefficient (Wildman–Crippen LogP) is 0.271. The van der Waals surface area contributed by atoms with Gasteiger partial charge >= 0.3 is 0 Å². The lowest BCUT2D eigenvalue weighted by atomic mass is 10.2. The number of rotatable bonds is 7. The van der Waals surface area contributed by atoms with E-state index in [0.29, 0.717) is 17.9 Å². The first-order chi connectivity index (χ1) is 10.0. The molecule has 114 valence electrons. The number of aromatic nitrogens is 3. The molecule has 8 nitrogen and oxygen atoms in total. The van der Waals surface area contributed by atoms with Gasteiger partial charge < -0.3 is 11.1 Å². The van der Waals surface area contributed by atoms with Crippen molar-refractivity contribution < 1.29 is 8.42 Å². The van der Waals surface area contributed by atoms with Crippen molar-refractivity contribution in [3.63, 3.8) is 0 Å². The molecule has 0 bridgehead atoms. The minimum Gasteiger partial charge on any atom is -0.397 e. The monoisotopic (exact) mass is 310 g/mol. The van der Waals surface area contributed by atoms with Crippen molar-refractivity contribution >= 4 is 21.4 Å². The molecule has 0 amide bonds. The Bertz CT molecular complexity index is 684. The van der Waals surface area contributed by atoms with E-state index in [0.717, 1.165) is 13.0 Å². The van der Waals surface area contributed by atoms with E-state index in [9.17, 15) is 8.42 Å². The second-order valence-corrected chi connectivity index (χ2v) is 6.29. The average molecular weight is 310 g/mol. The molecule has 1 aromatic carbocycles. The lowest BCUT2D eigenvalue weighted by molar-refractivity contribution is 0.570. The number of hydrogen-bond donors (Lipinski definition) is 3. The van der Waals surface area contributed by atoms with Gasteiger partial charge in [-0.1, -0.05) is 5.21 Å². The third kappa shape index (κ3) is 3.92. The van der Waals surface area contributed by atoms with Crippen LogP contribution in [0.5, 0.6) is 0 Å². The van der Waals surface area contributed by atoms with Gasteiger partial charge in [0.25, 0.3) is 0 Å². The van der Waals surface area contributed by atoms with Gasteiger partial charge in [0, 0.05) is 19.3 Å². The molecule has 2 rings (SSSR count). The van der Waals surface area contributed by atoms with Crippen molar-refractivity contribution in [1.82, 2.24) is 19.7 Å². The molecule has 0 radical (unpaired) electrons. The maximum atomic E-state index is 11.8. The minimum absolute atomic E-state index is 0.179. The van der Waals surface area contributed by atoms with Crippen LogP contribution in [0.25, 0.3) is 0 Å². The van der Waals surface area contributed by atoms with E-state index in [1.54, 1.807) is 23.1 Å². The van der Waals surface area contributed by atoms with Gasteiger partial charge in [0.15, 0.2) is 0 Å². The zero-order valence-corrected chi connectivity index (χ0v) is 12.5. The molecule has 9 heteroatoms. The fraction of sp³-hybridized carbons (Fsp3) is 0.333. The van der Waals surface area contributed by atoms with Crippen LogP contribution >= 0.6 is 0 Å². The van der Waals surface area contributed by atoms with Crippen molar-refractivity contribution in [2.75, 3.05) is 24.6 Å². The van der Waals surface area contributed by atoms with E-state index >= 15 is 0 Å². The predicted molar refractivity (Wildman–Crippen MR) is 80.2 cm³/mol. The quantitative estimate of drug-likeness (QED) is 0.499. The van der Waals surface area contributed by atoms with E-state index in [4.69, 9.17) is 5.73 Å². The standard InChI is InChI=1S/C12H18N6O2S/c1-14-21(19,20)10-3-4-11(13)12(9-10)15-5-2-7-18-8-6-16-17-18/h3-4,6,8-9,14-15H,2,5,7,13H2,1H3. The highest BCUT2D eigenvalue weighted by Gasteiger charge is 2.12. The van der Waals surface area contributed by atoms with E-state index in [2.05, 4.69) is 20.4 Å². The van der Waals surface area contributed by atoms with Gasteiger partial charge in [0.1, 0.15) is 0 Å². The number of nitrogens with two attached hydrogens (primary N) is 1. The number of aryl methyl sites for hydroxylation is 1. The van der Waals surface area contributed by atoms with Crippen molar-refractivity contribution in [3.8, 4) is 0 Å². The number of hydrogen-bond acceptors (Lipinski definition) is 6. The molecule has 0 saturated heterocycles.